The molecule has 0 spiro atoms. The highest BCUT2D eigenvalue weighted by molar-refractivity contribution is 8.03. The number of likely N-dealkylation sites (N-methyl/N-ethyl adjacent to an activating group) is 1. The number of thioether (sulfide) groups is 1. The van der Waals surface area contributed by atoms with Gasteiger partial charge in [0, 0.05) is 70.7 Å². The van der Waals surface area contributed by atoms with Crippen molar-refractivity contribution in [2.45, 2.75) is 102 Å². The van der Waals surface area contributed by atoms with Crippen LogP contribution < -0.4 is 16.0 Å². The molecule has 6 rings (SSSR count). The van der Waals surface area contributed by atoms with E-state index in [9.17, 15) is 4.79 Å². The highest BCUT2D eigenvalue weighted by atomic mass is 32.2. The van der Waals surface area contributed by atoms with Gasteiger partial charge in [-0.1, -0.05) is 62.4 Å². The Kier molecular flexibility index (Phi) is 9.74. The van der Waals surface area contributed by atoms with Gasteiger partial charge >= 0.3 is 0 Å². The van der Waals surface area contributed by atoms with Gasteiger partial charge in [-0.2, -0.15) is 4.58 Å². The number of nitrogens with one attached hydrogen (secondary N) is 1. The van der Waals surface area contributed by atoms with Crippen LogP contribution in [-0.4, -0.2) is 48.1 Å². The van der Waals surface area contributed by atoms with Crippen LogP contribution in [0.25, 0.3) is 0 Å². The Hall–Kier alpha value is -3.35. The monoisotopic (exact) mass is 649 g/mol. The van der Waals surface area contributed by atoms with Crippen molar-refractivity contribution >= 4 is 34.8 Å². The Morgan fingerprint density at radius 3 is 2.38 bits per heavy atom. The van der Waals surface area contributed by atoms with E-state index in [1.165, 1.54) is 50.0 Å². The number of nitrogens with two attached hydrogens (primary N) is 1. The molecular weight excluding hydrogens is 597 g/mol. The van der Waals surface area contributed by atoms with Crippen molar-refractivity contribution in [3.63, 3.8) is 0 Å². The van der Waals surface area contributed by atoms with Gasteiger partial charge in [0.2, 0.25) is 11.6 Å². The number of nitrogens with zero attached hydrogens (tertiary/aromatic N) is 2. The molecule has 2 heterocycles. The Balaban J connectivity index is 1.28. The fraction of sp³-hybridized carbons (Fsp3) is 0.463. The number of allylic oxidation sites excluding steroid dienone is 7. The number of carbonyl (C=O) groups excluding carboxylic acids is 1. The van der Waals surface area contributed by atoms with Crippen LogP contribution in [0.15, 0.2) is 94.6 Å². The third-order valence-corrected chi connectivity index (χ3v) is 12.2. The standard InChI is InChI=1S/C41H52N4OS/c1-40(2)32-14-7-9-16-34(32)44(5)36(40)24-18-28-12-11-13-29(19-25-37-41(3,4)33-15-8-10-17-35(33)45(37)6)39(28)47-27-26-38(46)43-31-22-20-30(42)21-23-31/h7-10,14-19,24-25,30-31H,11-13,20-23,26-27,42H2,1-6H3/p+1/t30-,31-. The maximum atomic E-state index is 13.0. The van der Waals surface area contributed by atoms with E-state index in [2.05, 4.69) is 129 Å². The lowest BCUT2D eigenvalue weighted by Crippen LogP contribution is -2.40. The number of para-hydroxylation sites is 2. The van der Waals surface area contributed by atoms with Crippen LogP contribution in [0.3, 0.4) is 0 Å². The summed E-state index contributed by atoms with van der Waals surface area (Å²) in [6.07, 6.45) is 17.2. The molecular formula is C41H53N4OS+. The number of hydrogen-bond donors (Lipinski definition) is 2. The first-order chi connectivity index (χ1) is 22.5. The van der Waals surface area contributed by atoms with Gasteiger partial charge < -0.3 is 16.0 Å². The van der Waals surface area contributed by atoms with Crippen molar-refractivity contribution in [3.8, 4) is 0 Å². The lowest BCUT2D eigenvalue weighted by molar-refractivity contribution is -0.401. The predicted molar refractivity (Wildman–Crippen MR) is 200 cm³/mol. The van der Waals surface area contributed by atoms with E-state index in [1.807, 2.05) is 11.8 Å². The molecule has 2 aromatic carbocycles. The second-order valence-corrected chi connectivity index (χ2v) is 16.0. The number of fused-ring (bicyclic) bond motifs is 2. The average Bonchev–Trinajstić information content (AvgIpc) is 3.37. The molecule has 1 amide bonds. The van der Waals surface area contributed by atoms with Gasteiger partial charge in [-0.05, 0) is 87.6 Å². The normalized spacial score (nSPS) is 25.2. The van der Waals surface area contributed by atoms with E-state index in [0.717, 1.165) is 50.7 Å². The van der Waals surface area contributed by atoms with Crippen LogP contribution in [-0.2, 0) is 15.6 Å². The molecule has 1 fully saturated rings. The zero-order valence-electron chi connectivity index (χ0n) is 29.2. The topological polar surface area (TPSA) is 61.4 Å². The van der Waals surface area contributed by atoms with Crippen molar-refractivity contribution in [3.05, 3.63) is 106 Å². The van der Waals surface area contributed by atoms with Crippen molar-refractivity contribution in [2.75, 3.05) is 24.7 Å². The molecule has 6 heteroatoms. The fourth-order valence-corrected chi connectivity index (χ4v) is 9.38. The highest BCUT2D eigenvalue weighted by Gasteiger charge is 2.42. The summed E-state index contributed by atoms with van der Waals surface area (Å²) in [5.41, 5.74) is 16.6. The number of amides is 1. The molecule has 2 aliphatic carbocycles. The third-order valence-electron chi connectivity index (χ3n) is 11.0. The van der Waals surface area contributed by atoms with Gasteiger partial charge in [0.05, 0.1) is 5.41 Å². The first-order valence-corrected chi connectivity index (χ1v) is 18.5. The molecule has 47 heavy (non-hydrogen) atoms. The van der Waals surface area contributed by atoms with Crippen molar-refractivity contribution in [1.29, 1.82) is 0 Å². The highest BCUT2D eigenvalue weighted by Crippen LogP contribution is 2.47. The van der Waals surface area contributed by atoms with Crippen LogP contribution in [0, 0.1) is 0 Å². The fourth-order valence-electron chi connectivity index (χ4n) is 8.18. The zero-order chi connectivity index (χ0) is 33.3. The van der Waals surface area contributed by atoms with Gasteiger partial charge in [-0.15, -0.1) is 11.8 Å². The Labute approximate surface area is 286 Å². The van der Waals surface area contributed by atoms with Crippen LogP contribution in [0.5, 0.6) is 0 Å². The summed E-state index contributed by atoms with van der Waals surface area (Å²) < 4.78 is 2.35. The van der Waals surface area contributed by atoms with Gasteiger partial charge in [-0.3, -0.25) is 4.79 Å². The molecule has 1 saturated carbocycles. The number of anilines is 1. The van der Waals surface area contributed by atoms with Crippen molar-refractivity contribution < 1.29 is 9.37 Å². The zero-order valence-corrected chi connectivity index (χ0v) is 30.1. The van der Waals surface area contributed by atoms with Gasteiger partial charge in [0.25, 0.3) is 0 Å². The van der Waals surface area contributed by atoms with E-state index in [0.29, 0.717) is 6.42 Å². The molecule has 0 saturated heterocycles. The van der Waals surface area contributed by atoms with E-state index in [1.54, 1.807) is 0 Å². The average molecular weight is 650 g/mol. The summed E-state index contributed by atoms with van der Waals surface area (Å²) in [6.45, 7) is 9.31. The minimum Gasteiger partial charge on any atom is -0.353 e. The molecule has 0 radical (unpaired) electrons. The van der Waals surface area contributed by atoms with Crippen LogP contribution in [0.1, 0.15) is 90.2 Å². The molecule has 0 aromatic heterocycles. The smallest absolute Gasteiger partial charge is 0.221 e. The van der Waals surface area contributed by atoms with Gasteiger partial charge in [0.1, 0.15) is 7.05 Å². The predicted octanol–water partition coefficient (Wildman–Crippen LogP) is 8.43. The van der Waals surface area contributed by atoms with E-state index in [-0.39, 0.29) is 28.8 Å². The number of carbonyl (C=O) groups is 1. The molecule has 0 unspecified atom stereocenters. The van der Waals surface area contributed by atoms with E-state index >= 15 is 0 Å². The Bertz CT molecular complexity index is 1680. The summed E-state index contributed by atoms with van der Waals surface area (Å²) in [7, 11) is 4.37. The molecule has 5 nitrogen and oxygen atoms in total. The second-order valence-electron chi connectivity index (χ2n) is 14.9. The summed E-state index contributed by atoms with van der Waals surface area (Å²) >= 11 is 1.86. The molecule has 0 atom stereocenters. The van der Waals surface area contributed by atoms with Crippen molar-refractivity contribution in [2.24, 2.45) is 5.73 Å². The Morgan fingerprint density at radius 1 is 0.957 bits per heavy atom. The minimum absolute atomic E-state index is 0.0672. The SMILES string of the molecule is CN1/C(=C/C=C2\CCCC(/C=C/C3=[N+](C)c4ccccc4C3(C)C)=C2SCCC(=O)N[C@H]2CC[C@H](N)CC2)C(C)(C)c2ccccc21. The lowest BCUT2D eigenvalue weighted by atomic mass is 9.81. The van der Waals surface area contributed by atoms with Crippen LogP contribution >= 0.6 is 11.8 Å². The van der Waals surface area contributed by atoms with Gasteiger partial charge in [0.15, 0.2) is 5.71 Å². The molecule has 248 valence electrons. The largest absolute Gasteiger partial charge is 0.353 e. The lowest BCUT2D eigenvalue weighted by Gasteiger charge is -2.27. The molecule has 4 aliphatic rings. The first kappa shape index (κ1) is 33.5. The number of benzene rings is 2. The molecule has 0 bridgehead atoms. The summed E-state index contributed by atoms with van der Waals surface area (Å²) in [6, 6.07) is 18.1. The van der Waals surface area contributed by atoms with Crippen LogP contribution in [0.4, 0.5) is 11.4 Å². The second kappa shape index (κ2) is 13.6. The maximum Gasteiger partial charge on any atom is 0.221 e. The number of hydrogen-bond acceptors (Lipinski definition) is 4. The van der Waals surface area contributed by atoms with Gasteiger partial charge in [-0.25, -0.2) is 0 Å². The third kappa shape index (κ3) is 6.69. The Morgan fingerprint density at radius 2 is 1.66 bits per heavy atom. The van der Waals surface area contributed by atoms with E-state index in [4.69, 9.17) is 5.73 Å². The van der Waals surface area contributed by atoms with E-state index < -0.39 is 0 Å². The first-order valence-electron chi connectivity index (χ1n) is 17.5. The van der Waals surface area contributed by atoms with Crippen LogP contribution in [0.2, 0.25) is 0 Å². The maximum absolute atomic E-state index is 13.0. The summed E-state index contributed by atoms with van der Waals surface area (Å²) in [4.78, 5) is 16.7. The summed E-state index contributed by atoms with van der Waals surface area (Å²) in [5, 5.41) is 3.29. The summed E-state index contributed by atoms with van der Waals surface area (Å²) in [5.74, 6) is 0.928. The molecule has 2 aromatic rings. The minimum atomic E-state index is -0.0672. The quantitative estimate of drug-likeness (QED) is 0.282. The van der Waals surface area contributed by atoms with Crippen molar-refractivity contribution in [1.82, 2.24) is 5.32 Å². The molecule has 2 aliphatic heterocycles. The molecule has 3 N–H and O–H groups in total. The number of rotatable bonds is 8.